The van der Waals surface area contributed by atoms with E-state index in [1.807, 2.05) is 25.1 Å². The normalized spacial score (nSPS) is 13.6. The Labute approximate surface area is 114 Å². The van der Waals surface area contributed by atoms with Crippen molar-refractivity contribution in [3.63, 3.8) is 0 Å². The van der Waals surface area contributed by atoms with Crippen LogP contribution in [0.4, 0.5) is 0 Å². The minimum absolute atomic E-state index is 0.0772. The third kappa shape index (κ3) is 4.11. The van der Waals surface area contributed by atoms with Gasteiger partial charge in [0.1, 0.15) is 6.61 Å². The fraction of sp³-hybridized carbons (Fsp3) is 0.438. The summed E-state index contributed by atoms with van der Waals surface area (Å²) in [5.74, 6) is 6.15. The SMILES string of the molecule is Cc1ccc(C#CCO)c(C(=O)NCCC2CC2)c1. The van der Waals surface area contributed by atoms with Gasteiger partial charge in [-0.25, -0.2) is 0 Å². The molecule has 100 valence electrons. The predicted molar refractivity (Wildman–Crippen MR) is 74.8 cm³/mol. The van der Waals surface area contributed by atoms with Gasteiger partial charge in [0.25, 0.3) is 5.91 Å². The Morgan fingerprint density at radius 1 is 1.47 bits per heavy atom. The molecule has 0 unspecified atom stereocenters. The molecule has 0 heterocycles. The van der Waals surface area contributed by atoms with Gasteiger partial charge >= 0.3 is 0 Å². The maximum Gasteiger partial charge on any atom is 0.252 e. The van der Waals surface area contributed by atoms with Gasteiger partial charge in [-0.15, -0.1) is 0 Å². The van der Waals surface area contributed by atoms with Crippen molar-refractivity contribution in [3.05, 3.63) is 34.9 Å². The van der Waals surface area contributed by atoms with Crippen molar-refractivity contribution in [1.82, 2.24) is 5.32 Å². The molecular weight excluding hydrogens is 238 g/mol. The zero-order valence-corrected chi connectivity index (χ0v) is 11.2. The van der Waals surface area contributed by atoms with Crippen LogP contribution in [0.5, 0.6) is 0 Å². The molecule has 3 nitrogen and oxygen atoms in total. The second-order valence-corrected chi connectivity index (χ2v) is 5.00. The first-order chi connectivity index (χ1) is 9.20. The lowest BCUT2D eigenvalue weighted by Gasteiger charge is -2.07. The Bertz CT molecular complexity index is 521. The Balaban J connectivity index is 2.06. The highest BCUT2D eigenvalue weighted by atomic mass is 16.2. The van der Waals surface area contributed by atoms with E-state index >= 15 is 0 Å². The van der Waals surface area contributed by atoms with Gasteiger partial charge in [0.05, 0.1) is 5.56 Å². The molecule has 2 N–H and O–H groups in total. The lowest BCUT2D eigenvalue weighted by molar-refractivity contribution is 0.0952. The van der Waals surface area contributed by atoms with Crippen molar-refractivity contribution in [3.8, 4) is 11.8 Å². The fourth-order valence-electron chi connectivity index (χ4n) is 1.98. The van der Waals surface area contributed by atoms with Gasteiger partial charge in [0.2, 0.25) is 0 Å². The Morgan fingerprint density at radius 3 is 2.95 bits per heavy atom. The summed E-state index contributed by atoms with van der Waals surface area (Å²) in [4.78, 5) is 12.1. The number of carbonyl (C=O) groups is 1. The van der Waals surface area contributed by atoms with Crippen LogP contribution in [0.15, 0.2) is 18.2 Å². The molecule has 0 saturated heterocycles. The molecule has 0 radical (unpaired) electrons. The van der Waals surface area contributed by atoms with Crippen LogP contribution in [0.3, 0.4) is 0 Å². The van der Waals surface area contributed by atoms with Crippen LogP contribution >= 0.6 is 0 Å². The molecule has 0 atom stereocenters. The van der Waals surface area contributed by atoms with Crippen molar-refractivity contribution in [2.45, 2.75) is 26.2 Å². The molecule has 1 fully saturated rings. The minimum atomic E-state index is -0.198. The number of hydrogen-bond donors (Lipinski definition) is 2. The largest absolute Gasteiger partial charge is 0.384 e. The maximum absolute atomic E-state index is 12.1. The molecule has 1 aliphatic rings. The summed E-state index contributed by atoms with van der Waals surface area (Å²) in [5, 5.41) is 11.7. The number of amides is 1. The summed E-state index contributed by atoms with van der Waals surface area (Å²) in [5.41, 5.74) is 2.29. The molecule has 3 heteroatoms. The van der Waals surface area contributed by atoms with Gasteiger partial charge in [-0.05, 0) is 31.4 Å². The van der Waals surface area contributed by atoms with E-state index in [0.717, 1.165) is 24.4 Å². The molecule has 1 saturated carbocycles. The maximum atomic E-state index is 12.1. The predicted octanol–water partition coefficient (Wildman–Crippen LogP) is 1.87. The molecule has 0 bridgehead atoms. The van der Waals surface area contributed by atoms with Crippen LogP contribution in [0.2, 0.25) is 0 Å². The van der Waals surface area contributed by atoms with E-state index in [9.17, 15) is 4.79 Å². The van der Waals surface area contributed by atoms with E-state index in [1.54, 1.807) is 0 Å². The summed E-state index contributed by atoms with van der Waals surface area (Å²) in [6.45, 7) is 2.48. The summed E-state index contributed by atoms with van der Waals surface area (Å²) in [6, 6.07) is 5.59. The second kappa shape index (κ2) is 6.40. The third-order valence-electron chi connectivity index (χ3n) is 3.26. The first kappa shape index (κ1) is 13.6. The molecular formula is C16H19NO2. The first-order valence-corrected chi connectivity index (χ1v) is 6.69. The quantitative estimate of drug-likeness (QED) is 0.809. The van der Waals surface area contributed by atoms with E-state index in [0.29, 0.717) is 11.1 Å². The van der Waals surface area contributed by atoms with E-state index in [-0.39, 0.29) is 12.5 Å². The standard InChI is InChI=1S/C16H19NO2/c1-12-4-7-14(3-2-10-18)15(11-12)16(19)17-9-8-13-5-6-13/h4,7,11,13,18H,5-6,8-10H2,1H3,(H,17,19). The number of aliphatic hydroxyl groups excluding tert-OH is 1. The van der Waals surface area contributed by atoms with E-state index in [2.05, 4.69) is 17.2 Å². The number of benzene rings is 1. The topological polar surface area (TPSA) is 49.3 Å². The van der Waals surface area contributed by atoms with E-state index in [1.165, 1.54) is 12.8 Å². The minimum Gasteiger partial charge on any atom is -0.384 e. The van der Waals surface area contributed by atoms with Crippen molar-refractivity contribution < 1.29 is 9.90 Å². The molecule has 0 spiro atoms. The number of nitrogens with one attached hydrogen (secondary N) is 1. The second-order valence-electron chi connectivity index (χ2n) is 5.00. The van der Waals surface area contributed by atoms with Crippen LogP contribution in [0.25, 0.3) is 0 Å². The highest BCUT2D eigenvalue weighted by Gasteiger charge is 2.21. The van der Waals surface area contributed by atoms with Gasteiger partial charge in [0.15, 0.2) is 0 Å². The van der Waals surface area contributed by atoms with Crippen molar-refractivity contribution >= 4 is 5.91 Å². The van der Waals surface area contributed by atoms with Crippen molar-refractivity contribution in [2.75, 3.05) is 13.2 Å². The Morgan fingerprint density at radius 2 is 2.26 bits per heavy atom. The number of hydrogen-bond acceptors (Lipinski definition) is 2. The van der Waals surface area contributed by atoms with Crippen LogP contribution in [0, 0.1) is 24.7 Å². The number of aryl methyl sites for hydroxylation is 1. The summed E-state index contributed by atoms with van der Waals surface area (Å²) in [7, 11) is 0. The number of carbonyl (C=O) groups excluding carboxylic acids is 1. The molecule has 1 aromatic carbocycles. The lowest BCUT2D eigenvalue weighted by Crippen LogP contribution is -2.25. The molecule has 1 aromatic rings. The lowest BCUT2D eigenvalue weighted by atomic mass is 10.0. The van der Waals surface area contributed by atoms with Gasteiger partial charge in [-0.3, -0.25) is 4.79 Å². The molecule has 0 aromatic heterocycles. The van der Waals surface area contributed by atoms with Gasteiger partial charge in [-0.1, -0.05) is 36.3 Å². The smallest absolute Gasteiger partial charge is 0.252 e. The van der Waals surface area contributed by atoms with Gasteiger partial charge < -0.3 is 10.4 Å². The fourth-order valence-corrected chi connectivity index (χ4v) is 1.98. The monoisotopic (exact) mass is 257 g/mol. The first-order valence-electron chi connectivity index (χ1n) is 6.69. The molecule has 2 rings (SSSR count). The van der Waals surface area contributed by atoms with Crippen LogP contribution in [0.1, 0.15) is 40.7 Å². The average Bonchev–Trinajstić information content (AvgIpc) is 3.21. The molecule has 0 aliphatic heterocycles. The Kier molecular flexibility index (Phi) is 4.59. The van der Waals surface area contributed by atoms with Gasteiger partial charge in [0, 0.05) is 12.1 Å². The van der Waals surface area contributed by atoms with Gasteiger partial charge in [-0.2, -0.15) is 0 Å². The zero-order chi connectivity index (χ0) is 13.7. The zero-order valence-electron chi connectivity index (χ0n) is 11.2. The third-order valence-corrected chi connectivity index (χ3v) is 3.26. The average molecular weight is 257 g/mol. The highest BCUT2D eigenvalue weighted by Crippen LogP contribution is 2.31. The Hall–Kier alpha value is -1.79. The van der Waals surface area contributed by atoms with Crippen molar-refractivity contribution in [1.29, 1.82) is 0 Å². The number of rotatable bonds is 4. The summed E-state index contributed by atoms with van der Waals surface area (Å²) < 4.78 is 0. The summed E-state index contributed by atoms with van der Waals surface area (Å²) in [6.07, 6.45) is 3.66. The molecule has 1 amide bonds. The van der Waals surface area contributed by atoms with Crippen molar-refractivity contribution in [2.24, 2.45) is 5.92 Å². The van der Waals surface area contributed by atoms with E-state index < -0.39 is 0 Å². The highest BCUT2D eigenvalue weighted by molar-refractivity contribution is 5.96. The molecule has 19 heavy (non-hydrogen) atoms. The van der Waals surface area contributed by atoms with Crippen LogP contribution in [-0.2, 0) is 0 Å². The van der Waals surface area contributed by atoms with Crippen LogP contribution in [-0.4, -0.2) is 24.2 Å². The summed E-state index contributed by atoms with van der Waals surface area (Å²) >= 11 is 0. The van der Waals surface area contributed by atoms with E-state index in [4.69, 9.17) is 5.11 Å². The number of aliphatic hydroxyl groups is 1. The molecule has 1 aliphatic carbocycles. The van der Waals surface area contributed by atoms with Crippen LogP contribution < -0.4 is 5.32 Å².